The number of carbonyl (C=O) groups is 1. The monoisotopic (exact) mass is 375 g/mol. The highest BCUT2D eigenvalue weighted by Gasteiger charge is 2.32. The molecule has 1 saturated heterocycles. The Bertz CT molecular complexity index is 736. The summed E-state index contributed by atoms with van der Waals surface area (Å²) < 4.78 is 10.5. The molecule has 140 valence electrons. The van der Waals surface area contributed by atoms with Crippen LogP contribution in [-0.4, -0.2) is 51.8 Å². The minimum Gasteiger partial charge on any atom is -0.497 e. The van der Waals surface area contributed by atoms with Crippen LogP contribution in [0.2, 0.25) is 0 Å². The van der Waals surface area contributed by atoms with E-state index < -0.39 is 0 Å². The number of hydrogen-bond donors (Lipinski definition) is 2. The quantitative estimate of drug-likeness (QED) is 0.814. The van der Waals surface area contributed by atoms with Gasteiger partial charge in [0.15, 0.2) is 0 Å². The van der Waals surface area contributed by atoms with Gasteiger partial charge in [-0.2, -0.15) is 0 Å². The summed E-state index contributed by atoms with van der Waals surface area (Å²) >= 11 is 1.79. The smallest absolute Gasteiger partial charge is 0.319 e. The molecule has 1 fully saturated rings. The van der Waals surface area contributed by atoms with Crippen molar-refractivity contribution in [3.63, 3.8) is 0 Å². The van der Waals surface area contributed by atoms with Gasteiger partial charge in [0.2, 0.25) is 0 Å². The highest BCUT2D eigenvalue weighted by Crippen LogP contribution is 2.34. The fourth-order valence-electron chi connectivity index (χ4n) is 3.41. The Morgan fingerprint density at radius 1 is 1.27 bits per heavy atom. The molecule has 2 amide bonds. The molecular weight excluding hydrogens is 350 g/mol. The van der Waals surface area contributed by atoms with Crippen molar-refractivity contribution in [2.45, 2.75) is 5.92 Å². The maximum absolute atomic E-state index is 12.3. The Kier molecular flexibility index (Phi) is 6.00. The van der Waals surface area contributed by atoms with Crippen LogP contribution in [0, 0.1) is 5.92 Å². The van der Waals surface area contributed by atoms with Crippen molar-refractivity contribution in [1.29, 1.82) is 0 Å². The van der Waals surface area contributed by atoms with E-state index in [1.165, 1.54) is 4.88 Å². The molecule has 0 aliphatic carbocycles. The van der Waals surface area contributed by atoms with Gasteiger partial charge in [-0.15, -0.1) is 11.3 Å². The largest absolute Gasteiger partial charge is 0.497 e. The second-order valence-electron chi connectivity index (χ2n) is 6.50. The van der Waals surface area contributed by atoms with E-state index in [9.17, 15) is 4.79 Å². The van der Waals surface area contributed by atoms with Crippen LogP contribution < -0.4 is 20.1 Å². The number of ether oxygens (including phenoxy) is 2. The molecule has 0 radical (unpaired) electrons. The summed E-state index contributed by atoms with van der Waals surface area (Å²) in [4.78, 5) is 16.1. The average Bonchev–Trinajstić information content (AvgIpc) is 3.29. The number of hydrogen-bond acceptors (Lipinski definition) is 5. The molecule has 2 N–H and O–H groups in total. The first-order valence-corrected chi connectivity index (χ1v) is 9.47. The van der Waals surface area contributed by atoms with Crippen LogP contribution in [0.4, 0.5) is 10.5 Å². The van der Waals surface area contributed by atoms with E-state index >= 15 is 0 Å². The number of anilines is 1. The predicted molar refractivity (Wildman–Crippen MR) is 105 cm³/mol. The molecule has 26 heavy (non-hydrogen) atoms. The molecule has 6 nitrogen and oxygen atoms in total. The van der Waals surface area contributed by atoms with Crippen molar-refractivity contribution in [2.75, 3.05) is 46.2 Å². The lowest BCUT2D eigenvalue weighted by molar-refractivity contribution is 0.249. The third-order valence-electron chi connectivity index (χ3n) is 4.71. The zero-order chi connectivity index (χ0) is 18.5. The van der Waals surface area contributed by atoms with Gasteiger partial charge in [-0.25, -0.2) is 4.79 Å². The van der Waals surface area contributed by atoms with Gasteiger partial charge in [0, 0.05) is 36.5 Å². The summed E-state index contributed by atoms with van der Waals surface area (Å²) in [5.41, 5.74) is 0.615. The molecule has 0 bridgehead atoms. The summed E-state index contributed by atoms with van der Waals surface area (Å²) in [6.45, 7) is 2.65. The number of methoxy groups -OCH3 is 2. The fourth-order valence-corrected chi connectivity index (χ4v) is 4.32. The van der Waals surface area contributed by atoms with Crippen LogP contribution in [0.3, 0.4) is 0 Å². The zero-order valence-corrected chi connectivity index (χ0v) is 16.1. The molecule has 1 aliphatic heterocycles. The van der Waals surface area contributed by atoms with Crippen LogP contribution in [0.15, 0.2) is 35.7 Å². The third kappa shape index (κ3) is 4.28. The number of likely N-dealkylation sites (tertiary alicyclic amines) is 1. The summed E-state index contributed by atoms with van der Waals surface area (Å²) in [7, 11) is 5.29. The van der Waals surface area contributed by atoms with Gasteiger partial charge in [0.25, 0.3) is 0 Å². The summed E-state index contributed by atoms with van der Waals surface area (Å²) in [6.07, 6.45) is 0. The van der Waals surface area contributed by atoms with Gasteiger partial charge in [-0.3, -0.25) is 0 Å². The standard InChI is InChI=1S/C19H25N3O3S/c1-22-11-13(15(12-22)18-5-4-8-26-18)10-20-19(23)21-16-7-6-14(24-2)9-17(16)25-3/h4-9,13,15H,10-12H2,1-3H3,(H2,20,21,23)/t13-,15-/m0/s1. The van der Waals surface area contributed by atoms with Gasteiger partial charge >= 0.3 is 6.03 Å². The summed E-state index contributed by atoms with van der Waals surface area (Å²) in [6, 6.07) is 9.35. The van der Waals surface area contributed by atoms with Crippen molar-refractivity contribution in [2.24, 2.45) is 5.92 Å². The molecule has 7 heteroatoms. The van der Waals surface area contributed by atoms with Gasteiger partial charge in [-0.05, 0) is 36.5 Å². The van der Waals surface area contributed by atoms with E-state index in [0.29, 0.717) is 35.6 Å². The van der Waals surface area contributed by atoms with Crippen LogP contribution in [-0.2, 0) is 0 Å². The molecule has 1 aromatic heterocycles. The highest BCUT2D eigenvalue weighted by atomic mass is 32.1. The number of nitrogens with one attached hydrogen (secondary N) is 2. The number of rotatable bonds is 6. The number of thiophene rings is 1. The van der Waals surface area contributed by atoms with Crippen LogP contribution >= 0.6 is 11.3 Å². The van der Waals surface area contributed by atoms with Crippen molar-refractivity contribution in [3.8, 4) is 11.5 Å². The minimum absolute atomic E-state index is 0.229. The van der Waals surface area contributed by atoms with Crippen molar-refractivity contribution in [1.82, 2.24) is 10.2 Å². The molecular formula is C19H25N3O3S. The first kappa shape index (κ1) is 18.5. The van der Waals surface area contributed by atoms with Crippen molar-refractivity contribution < 1.29 is 14.3 Å². The third-order valence-corrected chi connectivity index (χ3v) is 5.72. The van der Waals surface area contributed by atoms with E-state index in [-0.39, 0.29) is 6.03 Å². The molecule has 1 aromatic carbocycles. The first-order chi connectivity index (χ1) is 12.6. The highest BCUT2D eigenvalue weighted by molar-refractivity contribution is 7.10. The number of nitrogens with zero attached hydrogens (tertiary/aromatic N) is 1. The number of carbonyl (C=O) groups excluding carboxylic acids is 1. The van der Waals surface area contributed by atoms with E-state index in [0.717, 1.165) is 13.1 Å². The normalized spacial score (nSPS) is 20.0. The summed E-state index contributed by atoms with van der Waals surface area (Å²) in [5, 5.41) is 7.97. The van der Waals surface area contributed by atoms with Crippen molar-refractivity contribution >= 4 is 23.1 Å². The van der Waals surface area contributed by atoms with E-state index in [1.807, 2.05) is 0 Å². The second-order valence-corrected chi connectivity index (χ2v) is 7.48. The topological polar surface area (TPSA) is 62.8 Å². The molecule has 2 atom stereocenters. The van der Waals surface area contributed by atoms with E-state index in [2.05, 4.69) is 40.1 Å². The van der Waals surface area contributed by atoms with E-state index in [1.54, 1.807) is 43.8 Å². The Morgan fingerprint density at radius 2 is 2.12 bits per heavy atom. The lowest BCUT2D eigenvalue weighted by Gasteiger charge is -2.18. The maximum Gasteiger partial charge on any atom is 0.319 e. The maximum atomic E-state index is 12.3. The Balaban J connectivity index is 1.58. The Morgan fingerprint density at radius 3 is 2.81 bits per heavy atom. The van der Waals surface area contributed by atoms with Gasteiger partial charge in [0.1, 0.15) is 11.5 Å². The van der Waals surface area contributed by atoms with Gasteiger partial charge in [-0.1, -0.05) is 6.07 Å². The van der Waals surface area contributed by atoms with Crippen LogP contribution in [0.5, 0.6) is 11.5 Å². The molecule has 0 saturated carbocycles. The minimum atomic E-state index is -0.229. The number of urea groups is 1. The molecule has 1 aliphatic rings. The van der Waals surface area contributed by atoms with Crippen LogP contribution in [0.25, 0.3) is 0 Å². The molecule has 3 rings (SSSR count). The Labute approximate surface area is 158 Å². The van der Waals surface area contributed by atoms with Crippen LogP contribution in [0.1, 0.15) is 10.8 Å². The SMILES string of the molecule is COc1ccc(NC(=O)NC[C@H]2CN(C)C[C@@H]2c2cccs2)c(OC)c1. The molecule has 2 heterocycles. The lowest BCUT2D eigenvalue weighted by atomic mass is 9.94. The zero-order valence-electron chi connectivity index (χ0n) is 15.3. The number of likely N-dealkylation sites (N-methyl/N-ethyl adjacent to an activating group) is 1. The number of benzene rings is 1. The Hall–Kier alpha value is -2.25. The second kappa shape index (κ2) is 8.42. The molecule has 0 unspecified atom stereocenters. The van der Waals surface area contributed by atoms with Gasteiger partial charge < -0.3 is 25.0 Å². The molecule has 0 spiro atoms. The summed E-state index contributed by atoms with van der Waals surface area (Å²) in [5.74, 6) is 2.12. The fraction of sp³-hybridized carbons (Fsp3) is 0.421. The van der Waals surface area contributed by atoms with Crippen molar-refractivity contribution in [3.05, 3.63) is 40.6 Å². The van der Waals surface area contributed by atoms with Gasteiger partial charge in [0.05, 0.1) is 19.9 Å². The predicted octanol–water partition coefficient (Wildman–Crippen LogP) is 3.23. The first-order valence-electron chi connectivity index (χ1n) is 8.59. The lowest BCUT2D eigenvalue weighted by Crippen LogP contribution is -2.35. The van der Waals surface area contributed by atoms with E-state index in [4.69, 9.17) is 9.47 Å². The average molecular weight is 375 g/mol. The molecule has 2 aromatic rings. The number of amides is 2.